The van der Waals surface area contributed by atoms with Crippen molar-refractivity contribution in [2.75, 3.05) is 18.0 Å². The molecule has 1 heterocycles. The average Bonchev–Trinajstić information content (AvgIpc) is 2.36. The van der Waals surface area contributed by atoms with E-state index in [-0.39, 0.29) is 5.56 Å². The summed E-state index contributed by atoms with van der Waals surface area (Å²) in [5.74, 6) is -0.940. The molecule has 1 saturated heterocycles. The van der Waals surface area contributed by atoms with Gasteiger partial charge in [-0.2, -0.15) is 0 Å². The Morgan fingerprint density at radius 3 is 2.53 bits per heavy atom. The molecule has 0 aromatic heterocycles. The van der Waals surface area contributed by atoms with Crippen molar-refractivity contribution in [1.29, 1.82) is 0 Å². The van der Waals surface area contributed by atoms with Gasteiger partial charge in [-0.15, -0.1) is 0 Å². The number of carbonyl (C=O) groups is 1. The zero-order valence-corrected chi connectivity index (χ0v) is 11.6. The molecule has 102 valence electrons. The highest BCUT2D eigenvalue weighted by Crippen LogP contribution is 2.46. The van der Waals surface area contributed by atoms with E-state index in [1.807, 2.05) is 12.1 Å². The first-order valence-electron chi connectivity index (χ1n) is 6.88. The predicted molar refractivity (Wildman–Crippen MR) is 76.1 cm³/mol. The Bertz CT molecular complexity index is 501. The molecule has 0 amide bonds. The van der Waals surface area contributed by atoms with Crippen LogP contribution in [-0.4, -0.2) is 24.2 Å². The van der Waals surface area contributed by atoms with E-state index in [1.54, 1.807) is 6.07 Å². The summed E-state index contributed by atoms with van der Waals surface area (Å²) in [7, 11) is 0. The van der Waals surface area contributed by atoms with Gasteiger partial charge in [0.2, 0.25) is 0 Å². The number of carboxylic acids is 1. The van der Waals surface area contributed by atoms with Gasteiger partial charge in [0.25, 0.3) is 0 Å². The Balaban J connectivity index is 1.82. The second-order valence-corrected chi connectivity index (χ2v) is 6.26. The minimum absolute atomic E-state index is 0.245. The summed E-state index contributed by atoms with van der Waals surface area (Å²) in [6, 6.07) is 5.34. The highest BCUT2D eigenvalue weighted by molar-refractivity contribution is 6.34. The van der Waals surface area contributed by atoms with Crippen molar-refractivity contribution in [3.8, 4) is 0 Å². The van der Waals surface area contributed by atoms with E-state index in [0.717, 1.165) is 18.8 Å². The Hall–Kier alpha value is -1.22. The molecule has 0 unspecified atom stereocenters. The average molecular weight is 280 g/mol. The third kappa shape index (κ3) is 2.20. The fraction of sp³-hybridized carbons (Fsp3) is 0.533. The largest absolute Gasteiger partial charge is 0.478 e. The van der Waals surface area contributed by atoms with Crippen LogP contribution < -0.4 is 4.90 Å². The third-order valence-corrected chi connectivity index (χ3v) is 4.83. The maximum Gasteiger partial charge on any atom is 0.339 e. The second kappa shape index (κ2) is 4.71. The first kappa shape index (κ1) is 12.8. The van der Waals surface area contributed by atoms with Gasteiger partial charge in [0, 0.05) is 18.5 Å². The molecule has 3 rings (SSSR count). The molecule has 1 aliphatic carbocycles. The number of aromatic carboxylic acids is 1. The number of hydrogen-bond donors (Lipinski definition) is 1. The van der Waals surface area contributed by atoms with Gasteiger partial charge in [0.05, 0.1) is 10.7 Å². The normalized spacial score (nSPS) is 21.2. The Kier molecular flexibility index (Phi) is 3.17. The Morgan fingerprint density at radius 1 is 1.21 bits per heavy atom. The fourth-order valence-electron chi connectivity index (χ4n) is 3.54. The molecule has 4 heteroatoms. The molecule has 0 atom stereocenters. The standard InChI is InChI=1S/C15H18ClNO2/c16-11-5-4-6-12(13(11)14(18)19)17-9-15(10-17)7-2-1-3-8-15/h4-6H,1-3,7-10H2,(H,18,19). The smallest absolute Gasteiger partial charge is 0.339 e. The van der Waals surface area contributed by atoms with E-state index < -0.39 is 5.97 Å². The lowest BCUT2D eigenvalue weighted by atomic mass is 9.68. The highest BCUT2D eigenvalue weighted by Gasteiger charge is 2.44. The zero-order valence-electron chi connectivity index (χ0n) is 10.9. The minimum Gasteiger partial charge on any atom is -0.478 e. The number of halogens is 1. The van der Waals surface area contributed by atoms with Crippen molar-refractivity contribution in [3.63, 3.8) is 0 Å². The molecule has 0 bridgehead atoms. The number of nitrogens with zero attached hydrogens (tertiary/aromatic N) is 1. The number of anilines is 1. The minimum atomic E-state index is -0.940. The molecule has 1 aromatic carbocycles. The maximum atomic E-state index is 11.3. The predicted octanol–water partition coefficient (Wildman–Crippen LogP) is 3.81. The van der Waals surface area contributed by atoms with E-state index in [4.69, 9.17) is 11.6 Å². The Labute approximate surface area is 118 Å². The monoisotopic (exact) mass is 279 g/mol. The quantitative estimate of drug-likeness (QED) is 0.895. The van der Waals surface area contributed by atoms with Gasteiger partial charge in [0.1, 0.15) is 5.56 Å². The number of hydrogen-bond acceptors (Lipinski definition) is 2. The lowest BCUT2D eigenvalue weighted by Crippen LogP contribution is -2.57. The number of carboxylic acid groups (broad SMARTS) is 1. The molecule has 0 radical (unpaired) electrons. The van der Waals surface area contributed by atoms with Crippen LogP contribution in [0.4, 0.5) is 5.69 Å². The van der Waals surface area contributed by atoms with Crippen LogP contribution in [0.5, 0.6) is 0 Å². The van der Waals surface area contributed by atoms with Gasteiger partial charge in [-0.3, -0.25) is 0 Å². The molecule has 2 aliphatic rings. The first-order valence-corrected chi connectivity index (χ1v) is 7.26. The van der Waals surface area contributed by atoms with Crippen LogP contribution >= 0.6 is 11.6 Å². The van der Waals surface area contributed by atoms with Crippen LogP contribution in [0.25, 0.3) is 0 Å². The second-order valence-electron chi connectivity index (χ2n) is 5.86. The van der Waals surface area contributed by atoms with E-state index in [0.29, 0.717) is 10.4 Å². The summed E-state index contributed by atoms with van der Waals surface area (Å²) in [5.41, 5.74) is 1.46. The Morgan fingerprint density at radius 2 is 1.89 bits per heavy atom. The van der Waals surface area contributed by atoms with Gasteiger partial charge in [-0.05, 0) is 25.0 Å². The SMILES string of the molecule is O=C(O)c1c(Cl)cccc1N1CC2(CCCCC2)C1. The van der Waals surface area contributed by atoms with Crippen LogP contribution in [0.1, 0.15) is 42.5 Å². The van der Waals surface area contributed by atoms with Crippen LogP contribution in [-0.2, 0) is 0 Å². The molecular weight excluding hydrogens is 262 g/mol. The van der Waals surface area contributed by atoms with Crippen LogP contribution in [0.15, 0.2) is 18.2 Å². The molecule has 2 fully saturated rings. The lowest BCUT2D eigenvalue weighted by Gasteiger charge is -2.54. The van der Waals surface area contributed by atoms with Crippen LogP contribution in [0.2, 0.25) is 5.02 Å². The maximum absolute atomic E-state index is 11.3. The summed E-state index contributed by atoms with van der Waals surface area (Å²) in [6.07, 6.45) is 6.54. The van der Waals surface area contributed by atoms with Crippen LogP contribution in [0.3, 0.4) is 0 Å². The van der Waals surface area contributed by atoms with Crippen LogP contribution in [0, 0.1) is 5.41 Å². The molecule has 1 saturated carbocycles. The summed E-state index contributed by atoms with van der Waals surface area (Å²) >= 11 is 6.02. The molecule has 1 spiro atoms. The van der Waals surface area contributed by atoms with Crippen molar-refractivity contribution < 1.29 is 9.90 Å². The van der Waals surface area contributed by atoms with Gasteiger partial charge in [-0.25, -0.2) is 4.79 Å². The highest BCUT2D eigenvalue weighted by atomic mass is 35.5. The van der Waals surface area contributed by atoms with E-state index in [1.165, 1.54) is 32.1 Å². The van der Waals surface area contributed by atoms with Crippen molar-refractivity contribution >= 4 is 23.3 Å². The molecule has 1 aliphatic heterocycles. The van der Waals surface area contributed by atoms with Gasteiger partial charge < -0.3 is 10.0 Å². The summed E-state index contributed by atoms with van der Waals surface area (Å²) in [6.45, 7) is 1.96. The van der Waals surface area contributed by atoms with Crippen molar-refractivity contribution in [2.45, 2.75) is 32.1 Å². The fourth-order valence-corrected chi connectivity index (χ4v) is 3.79. The van der Waals surface area contributed by atoms with Crippen molar-refractivity contribution in [1.82, 2.24) is 0 Å². The molecule has 1 N–H and O–H groups in total. The molecule has 3 nitrogen and oxygen atoms in total. The molecular formula is C15H18ClNO2. The number of benzene rings is 1. The van der Waals surface area contributed by atoms with Gasteiger partial charge in [0.15, 0.2) is 0 Å². The summed E-state index contributed by atoms with van der Waals surface area (Å²) in [5, 5.41) is 9.63. The topological polar surface area (TPSA) is 40.5 Å². The third-order valence-electron chi connectivity index (χ3n) is 4.51. The van der Waals surface area contributed by atoms with E-state index in [2.05, 4.69) is 4.90 Å². The van der Waals surface area contributed by atoms with E-state index in [9.17, 15) is 9.90 Å². The van der Waals surface area contributed by atoms with Gasteiger partial charge in [-0.1, -0.05) is 36.9 Å². The van der Waals surface area contributed by atoms with Crippen molar-refractivity contribution in [2.24, 2.45) is 5.41 Å². The summed E-state index contributed by atoms with van der Waals surface area (Å²) in [4.78, 5) is 13.5. The first-order chi connectivity index (χ1) is 9.11. The van der Waals surface area contributed by atoms with E-state index >= 15 is 0 Å². The van der Waals surface area contributed by atoms with Gasteiger partial charge >= 0.3 is 5.97 Å². The number of rotatable bonds is 2. The zero-order chi connectivity index (χ0) is 13.5. The van der Waals surface area contributed by atoms with Crippen molar-refractivity contribution in [3.05, 3.63) is 28.8 Å². The lowest BCUT2D eigenvalue weighted by molar-refractivity contribution is 0.0695. The molecule has 19 heavy (non-hydrogen) atoms. The molecule has 1 aromatic rings. The summed E-state index contributed by atoms with van der Waals surface area (Å²) < 4.78 is 0.